The molecule has 0 heterocycles. The Bertz CT molecular complexity index is 466. The number of carbonyl (C=O) groups excluding carboxylic acids is 1. The van der Waals surface area contributed by atoms with Gasteiger partial charge in [0.1, 0.15) is 5.41 Å². The van der Waals surface area contributed by atoms with Gasteiger partial charge in [0, 0.05) is 0 Å². The van der Waals surface area contributed by atoms with Crippen LogP contribution in [0.5, 0.6) is 0 Å². The molecular weight excluding hydrogens is 212 g/mol. The summed E-state index contributed by atoms with van der Waals surface area (Å²) in [5.41, 5.74) is 1.53. The third-order valence-electron chi connectivity index (χ3n) is 3.32. The number of hydrogen-bond acceptors (Lipinski definition) is 2. The molecule has 1 aliphatic carbocycles. The fourth-order valence-electron chi connectivity index (χ4n) is 1.79. The van der Waals surface area contributed by atoms with Crippen LogP contribution in [0.25, 0.3) is 0 Å². The van der Waals surface area contributed by atoms with E-state index in [0.29, 0.717) is 12.8 Å². The van der Waals surface area contributed by atoms with Crippen molar-refractivity contribution in [2.75, 3.05) is 0 Å². The molecule has 1 amide bonds. The Labute approximate surface area is 101 Å². The molecule has 3 heteroatoms. The highest BCUT2D eigenvalue weighted by Gasteiger charge is 2.50. The van der Waals surface area contributed by atoms with Crippen LogP contribution in [0.1, 0.15) is 36.9 Å². The maximum Gasteiger partial charge on any atom is 0.240 e. The molecule has 3 nitrogen and oxygen atoms in total. The summed E-state index contributed by atoms with van der Waals surface area (Å²) in [7, 11) is 0. The molecule has 0 radical (unpaired) electrons. The minimum absolute atomic E-state index is 0.0473. The summed E-state index contributed by atoms with van der Waals surface area (Å²) in [4.78, 5) is 11.9. The van der Waals surface area contributed by atoms with Crippen molar-refractivity contribution in [3.63, 3.8) is 0 Å². The normalized spacial score (nSPS) is 17.9. The average Bonchev–Trinajstić information content (AvgIpc) is 3.10. The molecule has 2 rings (SSSR count). The lowest BCUT2D eigenvalue weighted by molar-refractivity contribution is -0.125. The Hall–Kier alpha value is -1.82. The average molecular weight is 228 g/mol. The minimum Gasteiger partial charge on any atom is -0.348 e. The van der Waals surface area contributed by atoms with E-state index in [0.717, 1.165) is 5.56 Å². The highest BCUT2D eigenvalue weighted by Crippen LogP contribution is 2.45. The monoisotopic (exact) mass is 228 g/mol. The van der Waals surface area contributed by atoms with Gasteiger partial charge in [0.2, 0.25) is 5.91 Å². The van der Waals surface area contributed by atoms with E-state index >= 15 is 0 Å². The standard InChI is InChI=1S/C14H16N2O/c1-10-3-5-12(6-4-10)11(2)16-13(17)14(9-15)7-8-14/h3-6,11H,7-8H2,1-2H3,(H,16,17). The number of hydrogen-bond donors (Lipinski definition) is 1. The van der Waals surface area contributed by atoms with Gasteiger partial charge in [-0.25, -0.2) is 0 Å². The van der Waals surface area contributed by atoms with Crippen molar-refractivity contribution in [1.82, 2.24) is 5.32 Å². The highest BCUT2D eigenvalue weighted by atomic mass is 16.2. The molecule has 0 aliphatic heterocycles. The third kappa shape index (κ3) is 2.31. The number of nitrogens with zero attached hydrogens (tertiary/aromatic N) is 1. The quantitative estimate of drug-likeness (QED) is 0.864. The Morgan fingerprint density at radius 2 is 2.00 bits per heavy atom. The van der Waals surface area contributed by atoms with Crippen molar-refractivity contribution in [3.8, 4) is 6.07 Å². The van der Waals surface area contributed by atoms with E-state index in [1.165, 1.54) is 5.56 Å². The Kier molecular flexibility index (Phi) is 2.89. The van der Waals surface area contributed by atoms with Crippen molar-refractivity contribution in [2.24, 2.45) is 5.41 Å². The van der Waals surface area contributed by atoms with E-state index in [1.807, 2.05) is 38.1 Å². The van der Waals surface area contributed by atoms with Crippen LogP contribution in [-0.2, 0) is 4.79 Å². The molecule has 1 aliphatic rings. The summed E-state index contributed by atoms with van der Waals surface area (Å²) in [6.07, 6.45) is 1.38. The number of carbonyl (C=O) groups is 1. The Balaban J connectivity index is 2.02. The zero-order valence-corrected chi connectivity index (χ0v) is 10.2. The molecule has 0 saturated heterocycles. The summed E-state index contributed by atoms with van der Waals surface area (Å²) in [6, 6.07) is 10.1. The van der Waals surface area contributed by atoms with Crippen LogP contribution in [0.4, 0.5) is 0 Å². The van der Waals surface area contributed by atoms with E-state index in [4.69, 9.17) is 5.26 Å². The van der Waals surface area contributed by atoms with Crippen LogP contribution in [-0.4, -0.2) is 5.91 Å². The third-order valence-corrected chi connectivity index (χ3v) is 3.32. The van der Waals surface area contributed by atoms with Crippen LogP contribution in [0.2, 0.25) is 0 Å². The zero-order valence-electron chi connectivity index (χ0n) is 10.2. The van der Waals surface area contributed by atoms with Crippen LogP contribution in [0.3, 0.4) is 0 Å². The van der Waals surface area contributed by atoms with Crippen LogP contribution < -0.4 is 5.32 Å². The van der Waals surface area contributed by atoms with Crippen molar-refractivity contribution >= 4 is 5.91 Å². The smallest absolute Gasteiger partial charge is 0.240 e. The van der Waals surface area contributed by atoms with Gasteiger partial charge in [-0.05, 0) is 32.3 Å². The molecule has 0 spiro atoms. The Morgan fingerprint density at radius 1 is 1.41 bits per heavy atom. The molecular formula is C14H16N2O. The molecule has 1 saturated carbocycles. The van der Waals surface area contributed by atoms with Gasteiger partial charge in [-0.1, -0.05) is 29.8 Å². The molecule has 1 fully saturated rings. The second kappa shape index (κ2) is 4.21. The first kappa shape index (κ1) is 11.7. The Morgan fingerprint density at radius 3 is 2.47 bits per heavy atom. The van der Waals surface area contributed by atoms with E-state index in [-0.39, 0.29) is 11.9 Å². The van der Waals surface area contributed by atoms with E-state index in [1.54, 1.807) is 0 Å². The maximum atomic E-state index is 11.9. The second-order valence-electron chi connectivity index (χ2n) is 4.80. The van der Waals surface area contributed by atoms with Gasteiger partial charge in [0.15, 0.2) is 0 Å². The van der Waals surface area contributed by atoms with Gasteiger partial charge >= 0.3 is 0 Å². The number of benzene rings is 1. The van der Waals surface area contributed by atoms with Crippen molar-refractivity contribution in [2.45, 2.75) is 32.7 Å². The number of rotatable bonds is 3. The minimum atomic E-state index is -0.737. The molecule has 1 aromatic rings. The molecule has 1 aromatic carbocycles. The molecule has 1 N–H and O–H groups in total. The predicted molar refractivity (Wildman–Crippen MR) is 65.0 cm³/mol. The van der Waals surface area contributed by atoms with Gasteiger partial charge in [0.25, 0.3) is 0 Å². The fraction of sp³-hybridized carbons (Fsp3) is 0.429. The van der Waals surface area contributed by atoms with Crippen molar-refractivity contribution in [3.05, 3.63) is 35.4 Å². The number of aryl methyl sites for hydroxylation is 1. The van der Waals surface area contributed by atoms with Crippen LogP contribution in [0, 0.1) is 23.7 Å². The maximum absolute atomic E-state index is 11.9. The van der Waals surface area contributed by atoms with Crippen LogP contribution in [0.15, 0.2) is 24.3 Å². The van der Waals surface area contributed by atoms with E-state index in [9.17, 15) is 4.79 Å². The van der Waals surface area contributed by atoms with Crippen molar-refractivity contribution < 1.29 is 4.79 Å². The van der Waals surface area contributed by atoms with Gasteiger partial charge in [-0.15, -0.1) is 0 Å². The summed E-state index contributed by atoms with van der Waals surface area (Å²) in [6.45, 7) is 3.97. The summed E-state index contributed by atoms with van der Waals surface area (Å²) in [5, 5.41) is 11.8. The van der Waals surface area contributed by atoms with Gasteiger partial charge in [0.05, 0.1) is 12.1 Å². The summed E-state index contributed by atoms with van der Waals surface area (Å²) < 4.78 is 0. The first-order valence-electron chi connectivity index (χ1n) is 5.86. The fourth-order valence-corrected chi connectivity index (χ4v) is 1.79. The second-order valence-corrected chi connectivity index (χ2v) is 4.80. The molecule has 0 bridgehead atoms. The van der Waals surface area contributed by atoms with Gasteiger partial charge in [-0.3, -0.25) is 4.79 Å². The zero-order chi connectivity index (χ0) is 12.5. The SMILES string of the molecule is Cc1ccc(C(C)NC(=O)C2(C#N)CC2)cc1. The first-order chi connectivity index (χ1) is 8.07. The van der Waals surface area contributed by atoms with Crippen LogP contribution >= 0.6 is 0 Å². The lowest BCUT2D eigenvalue weighted by Gasteiger charge is -2.16. The molecule has 1 unspecified atom stereocenters. The lowest BCUT2D eigenvalue weighted by atomic mass is 10.0. The summed E-state index contributed by atoms with van der Waals surface area (Å²) in [5.74, 6) is -0.131. The van der Waals surface area contributed by atoms with Crippen molar-refractivity contribution in [1.29, 1.82) is 5.26 Å². The number of amides is 1. The van der Waals surface area contributed by atoms with Gasteiger partial charge in [-0.2, -0.15) is 5.26 Å². The largest absolute Gasteiger partial charge is 0.348 e. The summed E-state index contributed by atoms with van der Waals surface area (Å²) >= 11 is 0. The lowest BCUT2D eigenvalue weighted by Crippen LogP contribution is -2.33. The molecule has 0 aromatic heterocycles. The van der Waals surface area contributed by atoms with Gasteiger partial charge < -0.3 is 5.32 Å². The number of nitriles is 1. The topological polar surface area (TPSA) is 52.9 Å². The molecule has 17 heavy (non-hydrogen) atoms. The predicted octanol–water partition coefficient (Wildman–Crippen LogP) is 2.48. The number of nitrogens with one attached hydrogen (secondary N) is 1. The van der Waals surface area contributed by atoms with E-state index in [2.05, 4.69) is 11.4 Å². The van der Waals surface area contributed by atoms with E-state index < -0.39 is 5.41 Å². The molecule has 88 valence electrons. The highest BCUT2D eigenvalue weighted by molar-refractivity contribution is 5.88. The molecule has 1 atom stereocenters. The first-order valence-corrected chi connectivity index (χ1v) is 5.86.